The lowest BCUT2D eigenvalue weighted by Gasteiger charge is -2.15. The molecule has 130 valence electrons. The molecule has 4 nitrogen and oxygen atoms in total. The summed E-state index contributed by atoms with van der Waals surface area (Å²) in [4.78, 5) is 0. The third-order valence-corrected chi connectivity index (χ3v) is 5.31. The highest BCUT2D eigenvalue weighted by Crippen LogP contribution is 2.31. The summed E-state index contributed by atoms with van der Waals surface area (Å²) in [5.41, 5.74) is -4.73. The monoisotopic (exact) mass is 482 g/mol. The summed E-state index contributed by atoms with van der Waals surface area (Å²) < 4.78 is 68.7. The van der Waals surface area contributed by atoms with E-state index in [1.807, 2.05) is 0 Å². The van der Waals surface area contributed by atoms with Crippen molar-refractivity contribution in [3.05, 3.63) is 35.9 Å². The number of benzene rings is 1. The van der Waals surface area contributed by atoms with E-state index in [0.29, 0.717) is 24.3 Å². The fourth-order valence-electron chi connectivity index (χ4n) is 1.64. The molecular weight excluding hydrogens is 468 g/mol. The molecule has 0 N–H and O–H groups in total. The molecule has 0 aliphatic heterocycles. The Hall–Kier alpha value is -0.620. The van der Waals surface area contributed by atoms with Gasteiger partial charge in [0.2, 0.25) is 0 Å². The van der Waals surface area contributed by atoms with Gasteiger partial charge in [0, 0.05) is 11.3 Å². The number of aryl methyl sites for hydroxylation is 1. The van der Waals surface area contributed by atoms with Gasteiger partial charge >= 0.3 is 15.6 Å². The molecule has 0 aliphatic rings. The minimum absolute atomic E-state index is 0.191. The van der Waals surface area contributed by atoms with Gasteiger partial charge in [0.1, 0.15) is 11.5 Å². The summed E-state index contributed by atoms with van der Waals surface area (Å²) in [6.45, 7) is 5.55. The molecule has 0 radical (unpaired) electrons. The third-order valence-electron chi connectivity index (χ3n) is 2.68. The Labute approximate surface area is 149 Å². The first-order valence-electron chi connectivity index (χ1n) is 6.31. The molecule has 1 aromatic rings. The van der Waals surface area contributed by atoms with Crippen LogP contribution in [0, 0.1) is 0 Å². The lowest BCUT2D eigenvalue weighted by molar-refractivity contribution is -0.0509. The van der Waals surface area contributed by atoms with Crippen LogP contribution in [-0.2, 0) is 20.7 Å². The normalized spacial score (nSPS) is 12.0. The molecule has 10 heteroatoms. The minimum Gasteiger partial charge on any atom is -0.493 e. The van der Waals surface area contributed by atoms with E-state index >= 15 is 0 Å². The Bertz CT molecular complexity index is 660. The Balaban J connectivity index is 2.97. The molecule has 1 aromatic carbocycles. The van der Waals surface area contributed by atoms with Gasteiger partial charge in [0.25, 0.3) is 0 Å². The summed E-state index contributed by atoms with van der Waals surface area (Å²) in [5.74, 6) is 0.750. The third kappa shape index (κ3) is 5.75. The van der Waals surface area contributed by atoms with Crippen LogP contribution in [0.2, 0.25) is 0 Å². The zero-order chi connectivity index (χ0) is 17.7. The van der Waals surface area contributed by atoms with E-state index in [9.17, 15) is 21.6 Å². The van der Waals surface area contributed by atoms with Crippen LogP contribution in [0.3, 0.4) is 0 Å². The Kier molecular flexibility index (Phi) is 7.52. The van der Waals surface area contributed by atoms with Crippen LogP contribution in [0.5, 0.6) is 5.75 Å². The van der Waals surface area contributed by atoms with Gasteiger partial charge in [-0.15, -0.1) is 0 Å². The number of halogens is 4. The first-order chi connectivity index (χ1) is 10.6. The van der Waals surface area contributed by atoms with Gasteiger partial charge in [0.05, 0.1) is 6.61 Å². The molecule has 0 aromatic heterocycles. The fourth-order valence-corrected chi connectivity index (χ4v) is 2.77. The quantitative estimate of drug-likeness (QED) is 0.179. The highest BCUT2D eigenvalue weighted by atomic mass is 127. The molecule has 0 saturated heterocycles. The van der Waals surface area contributed by atoms with Gasteiger partial charge in [-0.05, 0) is 51.4 Å². The first kappa shape index (κ1) is 20.4. The van der Waals surface area contributed by atoms with Gasteiger partial charge in [-0.2, -0.15) is 21.6 Å². The molecule has 23 heavy (non-hydrogen) atoms. The summed E-state index contributed by atoms with van der Waals surface area (Å²) >= 11 is 2.14. The molecule has 0 atom stereocenters. The van der Waals surface area contributed by atoms with Gasteiger partial charge in [-0.25, -0.2) is 0 Å². The van der Waals surface area contributed by atoms with Crippen LogP contribution in [-0.4, -0.2) is 26.3 Å². The average molecular weight is 482 g/mol. The van der Waals surface area contributed by atoms with Gasteiger partial charge in [-0.1, -0.05) is 22.4 Å². The molecule has 0 unspecified atom stereocenters. The highest BCUT2D eigenvalue weighted by Gasteiger charge is 2.48. The average Bonchev–Trinajstić information content (AvgIpc) is 2.45. The first-order valence-corrected chi connectivity index (χ1v) is 11.2. The SMILES string of the molecule is C=C(OS(=O)(=O)C(F)(F)F)c1ccc(OCCSI)cc1CC. The molecule has 0 bridgehead atoms. The molecule has 0 spiro atoms. The van der Waals surface area contributed by atoms with Crippen LogP contribution < -0.4 is 4.74 Å². The van der Waals surface area contributed by atoms with Crippen molar-refractivity contribution in [2.75, 3.05) is 12.4 Å². The van der Waals surface area contributed by atoms with Crippen molar-refractivity contribution in [3.8, 4) is 5.75 Å². The lowest BCUT2D eigenvalue weighted by Crippen LogP contribution is -2.25. The second-order valence-corrected chi connectivity index (χ2v) is 8.27. The van der Waals surface area contributed by atoms with Crippen LogP contribution in [0.1, 0.15) is 18.1 Å². The smallest absolute Gasteiger partial charge is 0.493 e. The lowest BCUT2D eigenvalue weighted by atomic mass is 10.0. The predicted molar refractivity (Wildman–Crippen MR) is 92.9 cm³/mol. The number of hydrogen-bond donors (Lipinski definition) is 0. The van der Waals surface area contributed by atoms with E-state index in [0.717, 1.165) is 5.75 Å². The van der Waals surface area contributed by atoms with E-state index in [1.54, 1.807) is 21.9 Å². The fraction of sp³-hybridized carbons (Fsp3) is 0.385. The summed E-state index contributed by atoms with van der Waals surface area (Å²) in [6.07, 6.45) is 0.446. The van der Waals surface area contributed by atoms with E-state index < -0.39 is 21.4 Å². The summed E-state index contributed by atoms with van der Waals surface area (Å²) in [7, 11) is -4.15. The molecule has 0 saturated carbocycles. The molecule has 1 rings (SSSR count). The van der Waals surface area contributed by atoms with Crippen LogP contribution in [0.4, 0.5) is 13.2 Å². The van der Waals surface area contributed by atoms with E-state index in [-0.39, 0.29) is 5.56 Å². The Morgan fingerprint density at radius 3 is 2.57 bits per heavy atom. The second-order valence-electron chi connectivity index (χ2n) is 4.24. The van der Waals surface area contributed by atoms with Gasteiger partial charge in [0.15, 0.2) is 0 Å². The van der Waals surface area contributed by atoms with Crippen molar-refractivity contribution in [1.29, 1.82) is 0 Å². The summed E-state index contributed by atoms with van der Waals surface area (Å²) in [6, 6.07) is 4.59. The van der Waals surface area contributed by atoms with E-state index in [1.165, 1.54) is 12.1 Å². The van der Waals surface area contributed by atoms with E-state index in [2.05, 4.69) is 32.0 Å². The van der Waals surface area contributed by atoms with Crippen molar-refractivity contribution in [1.82, 2.24) is 0 Å². The largest absolute Gasteiger partial charge is 0.534 e. The number of rotatable bonds is 8. The van der Waals surface area contributed by atoms with Crippen LogP contribution in [0.25, 0.3) is 5.76 Å². The Morgan fingerprint density at radius 1 is 1.39 bits per heavy atom. The Morgan fingerprint density at radius 2 is 2.04 bits per heavy atom. The van der Waals surface area contributed by atoms with Crippen LogP contribution in [0.15, 0.2) is 24.8 Å². The standard InChI is InChI=1S/C13H14F3IO4S2/c1-3-10-8-11(20-6-7-22-17)4-5-12(10)9(2)21-23(18,19)13(14,15)16/h4-5,8H,2-3,6-7H2,1H3. The molecule has 0 amide bonds. The van der Waals surface area contributed by atoms with Crippen molar-refractivity contribution < 1.29 is 30.5 Å². The van der Waals surface area contributed by atoms with Crippen molar-refractivity contribution in [2.45, 2.75) is 18.9 Å². The number of ether oxygens (including phenoxy) is 1. The van der Waals surface area contributed by atoms with Gasteiger partial charge < -0.3 is 8.92 Å². The molecule has 0 aliphatic carbocycles. The maximum Gasteiger partial charge on any atom is 0.534 e. The maximum absolute atomic E-state index is 12.4. The zero-order valence-electron chi connectivity index (χ0n) is 12.0. The predicted octanol–water partition coefficient (Wildman–Crippen LogP) is 4.55. The molecular formula is C13H14F3IO4S2. The second kappa shape index (κ2) is 8.47. The van der Waals surface area contributed by atoms with E-state index in [4.69, 9.17) is 4.74 Å². The van der Waals surface area contributed by atoms with Crippen molar-refractivity contribution in [3.63, 3.8) is 0 Å². The van der Waals surface area contributed by atoms with Crippen LogP contribution >= 0.6 is 30.1 Å². The zero-order valence-corrected chi connectivity index (χ0v) is 15.8. The number of alkyl halides is 3. The van der Waals surface area contributed by atoms with Crippen molar-refractivity contribution in [2.24, 2.45) is 0 Å². The van der Waals surface area contributed by atoms with Crippen molar-refractivity contribution >= 4 is 46.0 Å². The summed E-state index contributed by atoms with van der Waals surface area (Å²) in [5, 5.41) is 0. The topological polar surface area (TPSA) is 52.6 Å². The molecule has 0 heterocycles. The van der Waals surface area contributed by atoms with Gasteiger partial charge in [-0.3, -0.25) is 0 Å². The number of hydrogen-bond acceptors (Lipinski definition) is 5. The molecule has 0 fully saturated rings. The highest BCUT2D eigenvalue weighted by molar-refractivity contribution is 14.2. The maximum atomic E-state index is 12.4. The minimum atomic E-state index is -5.73.